The van der Waals surface area contributed by atoms with Gasteiger partial charge >= 0.3 is 23.9 Å². The second-order valence-electron chi connectivity index (χ2n) is 13.5. The Bertz CT molecular complexity index is 1660. The van der Waals surface area contributed by atoms with Crippen LogP contribution in [-0.4, -0.2) is 71.2 Å². The number of hydrogen-bond acceptors (Lipinski definition) is 10. The molecule has 3 aromatic carbocycles. The van der Waals surface area contributed by atoms with Crippen LogP contribution in [0, 0.1) is 17.3 Å². The second-order valence-corrected chi connectivity index (χ2v) is 13.5. The number of hydrogen-bond donors (Lipinski definition) is 1. The molecule has 10 nitrogen and oxygen atoms in total. The number of rotatable bonds is 8. The lowest BCUT2D eigenvalue weighted by Crippen LogP contribution is -2.78. The van der Waals surface area contributed by atoms with Crippen molar-refractivity contribution in [3.05, 3.63) is 108 Å². The van der Waals surface area contributed by atoms with E-state index in [1.807, 2.05) is 20.8 Å². The highest BCUT2D eigenvalue weighted by atomic mass is 16.6. The average Bonchev–Trinajstić information content (AvgIpc) is 3.25. The zero-order valence-electron chi connectivity index (χ0n) is 27.4. The molecule has 3 aliphatic rings. The first-order valence-corrected chi connectivity index (χ1v) is 16.2. The van der Waals surface area contributed by atoms with Gasteiger partial charge in [0.1, 0.15) is 29.3 Å². The van der Waals surface area contributed by atoms with Crippen molar-refractivity contribution >= 4 is 23.9 Å². The van der Waals surface area contributed by atoms with Crippen molar-refractivity contribution in [1.82, 2.24) is 0 Å². The highest BCUT2D eigenvalue weighted by molar-refractivity contribution is 5.90. The van der Waals surface area contributed by atoms with Crippen LogP contribution in [0.3, 0.4) is 0 Å². The minimum atomic E-state index is -1.74. The Morgan fingerprint density at radius 3 is 1.67 bits per heavy atom. The minimum Gasteiger partial charge on any atom is -0.458 e. The van der Waals surface area contributed by atoms with E-state index in [4.69, 9.17) is 23.7 Å². The summed E-state index contributed by atoms with van der Waals surface area (Å²) in [5, 5.41) is 11.7. The zero-order chi connectivity index (χ0) is 34.3. The number of esters is 4. The van der Waals surface area contributed by atoms with Gasteiger partial charge < -0.3 is 28.8 Å². The molecule has 252 valence electrons. The molecule has 0 aromatic heterocycles. The molecule has 2 saturated carbocycles. The molecular weight excluding hydrogens is 616 g/mol. The fourth-order valence-electron chi connectivity index (χ4n) is 8.33. The van der Waals surface area contributed by atoms with E-state index in [2.05, 4.69) is 0 Å². The number of aliphatic hydroxyl groups is 1. The Labute approximate surface area is 279 Å². The molecule has 0 radical (unpaired) electrons. The molecule has 0 unspecified atom stereocenters. The Balaban J connectivity index is 1.51. The Hall–Kier alpha value is -4.54. The summed E-state index contributed by atoms with van der Waals surface area (Å²) in [5.41, 5.74) is -3.34. The average molecular weight is 657 g/mol. The van der Waals surface area contributed by atoms with E-state index < -0.39 is 83.4 Å². The van der Waals surface area contributed by atoms with E-state index in [-0.39, 0.29) is 24.0 Å². The van der Waals surface area contributed by atoms with E-state index in [1.165, 1.54) is 6.92 Å². The molecule has 1 N–H and O–H groups in total. The minimum absolute atomic E-state index is 0.0878. The summed E-state index contributed by atoms with van der Waals surface area (Å²) in [4.78, 5) is 53.8. The van der Waals surface area contributed by atoms with Gasteiger partial charge in [0, 0.05) is 12.8 Å². The van der Waals surface area contributed by atoms with Gasteiger partial charge in [-0.25, -0.2) is 14.4 Å². The maximum Gasteiger partial charge on any atom is 0.338 e. The van der Waals surface area contributed by atoms with E-state index in [1.54, 1.807) is 91.0 Å². The first-order valence-electron chi connectivity index (χ1n) is 16.2. The monoisotopic (exact) mass is 656 g/mol. The molecule has 1 aliphatic heterocycles. The SMILES string of the molecule is CC(=O)O[C@H]1[C@@H](OC(=O)c2ccccc2)C[C@@H](C)[C@]23OC(C)(C)[C@H](C[C@H](OC(=O)c4ccccc4)[C@]12CO)[C@H]3OC(=O)c1ccccc1. The molecule has 48 heavy (non-hydrogen) atoms. The highest BCUT2D eigenvalue weighted by Crippen LogP contribution is 2.68. The van der Waals surface area contributed by atoms with E-state index in [0.29, 0.717) is 5.56 Å². The summed E-state index contributed by atoms with van der Waals surface area (Å²) >= 11 is 0. The lowest BCUT2D eigenvalue weighted by molar-refractivity contribution is -0.315. The number of carbonyl (C=O) groups excluding carboxylic acids is 4. The van der Waals surface area contributed by atoms with Crippen LogP contribution >= 0.6 is 0 Å². The Morgan fingerprint density at radius 1 is 0.708 bits per heavy atom. The van der Waals surface area contributed by atoms with Gasteiger partial charge in [-0.05, 0) is 69.0 Å². The van der Waals surface area contributed by atoms with Crippen molar-refractivity contribution in [3.8, 4) is 0 Å². The maximum atomic E-state index is 13.7. The predicted octanol–water partition coefficient (Wildman–Crippen LogP) is 5.18. The molecular formula is C38H40O10. The molecule has 1 saturated heterocycles. The standard InChI is InChI=1S/C38H40O10/c1-23-20-29(45-33(41)25-14-8-5-9-15-25)32(44-24(2)40)37(22-39)30(46-34(42)26-16-10-6-11-17-26)21-28-31(38(23,37)48-36(28,3)4)47-35(43)27-18-12-7-13-19-27/h5-19,23,28-32,39H,20-22H2,1-4H3/t23-,28-,29+,30+,31-,32+,37-,38-/m1/s1. The second kappa shape index (κ2) is 12.8. The molecule has 3 aromatic rings. The molecule has 3 fully saturated rings. The van der Waals surface area contributed by atoms with E-state index in [0.717, 1.165) is 0 Å². The quantitative estimate of drug-likeness (QED) is 0.255. The van der Waals surface area contributed by atoms with Gasteiger partial charge in [0.2, 0.25) is 0 Å². The largest absolute Gasteiger partial charge is 0.458 e. The molecule has 8 atom stereocenters. The fourth-order valence-corrected chi connectivity index (χ4v) is 8.33. The third kappa shape index (κ3) is 5.46. The number of fused-ring (bicyclic) bond motifs is 1. The maximum absolute atomic E-state index is 13.7. The summed E-state index contributed by atoms with van der Waals surface area (Å²) in [7, 11) is 0. The first kappa shape index (κ1) is 33.4. The predicted molar refractivity (Wildman–Crippen MR) is 172 cm³/mol. The highest BCUT2D eigenvalue weighted by Gasteiger charge is 2.82. The van der Waals surface area contributed by atoms with Gasteiger partial charge in [0.25, 0.3) is 0 Å². The van der Waals surface area contributed by atoms with Gasteiger partial charge in [-0.1, -0.05) is 61.5 Å². The van der Waals surface area contributed by atoms with Gasteiger partial charge in [-0.2, -0.15) is 0 Å². The van der Waals surface area contributed by atoms with E-state index >= 15 is 0 Å². The van der Waals surface area contributed by atoms with Crippen molar-refractivity contribution < 1.29 is 48.0 Å². The third-order valence-corrected chi connectivity index (χ3v) is 10.4. The van der Waals surface area contributed by atoms with Crippen LogP contribution < -0.4 is 0 Å². The van der Waals surface area contributed by atoms with Crippen LogP contribution in [0.5, 0.6) is 0 Å². The van der Waals surface area contributed by atoms with Gasteiger partial charge in [-0.3, -0.25) is 4.79 Å². The fraction of sp³-hybridized carbons (Fsp3) is 0.421. The summed E-state index contributed by atoms with van der Waals surface area (Å²) < 4.78 is 31.8. The van der Waals surface area contributed by atoms with Crippen LogP contribution in [-0.2, 0) is 28.5 Å². The van der Waals surface area contributed by atoms with Crippen molar-refractivity contribution in [3.63, 3.8) is 0 Å². The van der Waals surface area contributed by atoms with Gasteiger partial charge in [-0.15, -0.1) is 0 Å². The molecule has 2 aliphatic carbocycles. The van der Waals surface area contributed by atoms with Crippen LogP contribution in [0.1, 0.15) is 71.6 Å². The third-order valence-electron chi connectivity index (χ3n) is 10.4. The zero-order valence-corrected chi connectivity index (χ0v) is 27.4. The summed E-state index contributed by atoms with van der Waals surface area (Å²) in [6, 6.07) is 25.3. The topological polar surface area (TPSA) is 135 Å². The lowest BCUT2D eigenvalue weighted by Gasteiger charge is -2.63. The van der Waals surface area contributed by atoms with Crippen LogP contribution in [0.25, 0.3) is 0 Å². The normalized spacial score (nSPS) is 31.5. The molecule has 10 heteroatoms. The molecule has 0 amide bonds. The van der Waals surface area contributed by atoms with Crippen molar-refractivity contribution in [2.24, 2.45) is 17.3 Å². The number of aliphatic hydroxyl groups excluding tert-OH is 1. The number of ether oxygens (including phenoxy) is 5. The summed E-state index contributed by atoms with van der Waals surface area (Å²) in [6.07, 6.45) is -4.30. The smallest absolute Gasteiger partial charge is 0.338 e. The Kier molecular flexibility index (Phi) is 8.91. The van der Waals surface area contributed by atoms with Crippen molar-refractivity contribution in [1.29, 1.82) is 0 Å². The van der Waals surface area contributed by atoms with Gasteiger partial charge in [0.05, 0.1) is 28.9 Å². The van der Waals surface area contributed by atoms with Crippen molar-refractivity contribution in [2.75, 3.05) is 6.61 Å². The first-order chi connectivity index (χ1) is 22.9. The summed E-state index contributed by atoms with van der Waals surface area (Å²) in [5.74, 6) is -3.67. The molecule has 1 heterocycles. The molecule has 2 bridgehead atoms. The van der Waals surface area contributed by atoms with E-state index in [9.17, 15) is 24.3 Å². The van der Waals surface area contributed by atoms with Crippen LogP contribution in [0.15, 0.2) is 91.0 Å². The van der Waals surface area contributed by atoms with Crippen LogP contribution in [0.4, 0.5) is 0 Å². The molecule has 6 rings (SSSR count). The number of benzene rings is 3. The summed E-state index contributed by atoms with van der Waals surface area (Å²) in [6.45, 7) is 6.10. The van der Waals surface area contributed by atoms with Crippen LogP contribution in [0.2, 0.25) is 0 Å². The molecule has 1 spiro atoms. The van der Waals surface area contributed by atoms with Crippen molar-refractivity contribution in [2.45, 2.75) is 76.2 Å². The lowest BCUT2D eigenvalue weighted by atomic mass is 9.48. The Morgan fingerprint density at radius 2 is 1.19 bits per heavy atom. The number of carbonyl (C=O) groups is 4. The van der Waals surface area contributed by atoms with Gasteiger partial charge in [0.15, 0.2) is 6.10 Å².